The first-order valence-electron chi connectivity index (χ1n) is 10.9. The van der Waals surface area contributed by atoms with Gasteiger partial charge in [0.05, 0.1) is 10.6 Å². The molecule has 1 amide bonds. The van der Waals surface area contributed by atoms with Crippen LogP contribution in [0.5, 0.6) is 0 Å². The van der Waals surface area contributed by atoms with E-state index in [0.717, 1.165) is 33.2 Å². The van der Waals surface area contributed by atoms with Gasteiger partial charge >= 0.3 is 0 Å². The number of thioether (sulfide) groups is 1. The van der Waals surface area contributed by atoms with Gasteiger partial charge in [-0.25, -0.2) is 8.42 Å². The van der Waals surface area contributed by atoms with Crippen LogP contribution in [0.25, 0.3) is 10.8 Å². The van der Waals surface area contributed by atoms with Crippen LogP contribution in [0.3, 0.4) is 0 Å². The fourth-order valence-electron chi connectivity index (χ4n) is 4.31. The molecule has 1 fully saturated rings. The van der Waals surface area contributed by atoms with Crippen molar-refractivity contribution in [1.82, 2.24) is 0 Å². The Morgan fingerprint density at radius 3 is 2.47 bits per heavy atom. The van der Waals surface area contributed by atoms with Crippen molar-refractivity contribution in [3.63, 3.8) is 0 Å². The van der Waals surface area contributed by atoms with Crippen molar-refractivity contribution in [2.75, 3.05) is 15.4 Å². The Kier molecular flexibility index (Phi) is 5.83. The maximum absolute atomic E-state index is 13.1. The summed E-state index contributed by atoms with van der Waals surface area (Å²) in [5, 5.41) is 1.63. The normalized spacial score (nSPS) is 16.2. The lowest BCUT2D eigenvalue weighted by Crippen LogP contribution is -2.28. The number of carbonyl (C=O) groups is 1. The average molecular weight is 489 g/mol. The van der Waals surface area contributed by atoms with Gasteiger partial charge in [-0.3, -0.25) is 14.4 Å². The van der Waals surface area contributed by atoms with Gasteiger partial charge in [0.15, 0.2) is 0 Å². The fourth-order valence-corrected chi connectivity index (χ4v) is 6.55. The number of carbonyl (C=O) groups excluding carboxylic acids is 1. The molecular formula is C27H24N2O3S2. The van der Waals surface area contributed by atoms with Gasteiger partial charge in [-0.05, 0) is 66.1 Å². The monoisotopic (exact) mass is 488 g/mol. The number of aryl methyl sites for hydroxylation is 2. The third-order valence-corrected chi connectivity index (χ3v) is 8.53. The molecule has 0 bridgehead atoms. The summed E-state index contributed by atoms with van der Waals surface area (Å²) in [5.74, 6) is 0.425. The van der Waals surface area contributed by atoms with Gasteiger partial charge in [0.25, 0.3) is 10.0 Å². The molecule has 34 heavy (non-hydrogen) atoms. The second kappa shape index (κ2) is 8.81. The number of fused-ring (bicyclic) bond motifs is 1. The molecule has 1 aliphatic rings. The molecule has 0 radical (unpaired) electrons. The van der Waals surface area contributed by atoms with E-state index >= 15 is 0 Å². The molecule has 5 nitrogen and oxygen atoms in total. The van der Waals surface area contributed by atoms with E-state index in [0.29, 0.717) is 11.4 Å². The zero-order valence-electron chi connectivity index (χ0n) is 18.9. The minimum absolute atomic E-state index is 0.0455. The molecule has 4 aromatic rings. The Hall–Kier alpha value is -3.29. The molecule has 0 saturated carbocycles. The van der Waals surface area contributed by atoms with E-state index in [4.69, 9.17) is 0 Å². The molecule has 7 heteroatoms. The summed E-state index contributed by atoms with van der Waals surface area (Å²) in [6, 6.07) is 26.1. The van der Waals surface area contributed by atoms with Gasteiger partial charge in [0, 0.05) is 11.4 Å². The Bertz CT molecular complexity index is 1520. The number of hydrogen-bond acceptors (Lipinski definition) is 4. The molecule has 0 unspecified atom stereocenters. The van der Waals surface area contributed by atoms with Crippen LogP contribution in [-0.2, 0) is 14.8 Å². The molecule has 0 aromatic heterocycles. The molecule has 4 aromatic carbocycles. The van der Waals surface area contributed by atoms with Crippen LogP contribution < -0.4 is 9.62 Å². The van der Waals surface area contributed by atoms with Crippen LogP contribution in [0.4, 0.5) is 11.4 Å². The minimum atomic E-state index is -3.77. The standard InChI is InChI=1S/C27H24N2O3S2/c1-18-10-13-25(19(2)14-18)29-26(30)17-33-27(29)22-8-5-9-23(15-22)28-34(31,32)24-12-11-20-6-3-4-7-21(20)16-24/h3-16,27-28H,17H2,1-2H3/t27-/m0/s1. The van der Waals surface area contributed by atoms with Gasteiger partial charge in [0.2, 0.25) is 5.91 Å². The molecule has 1 aliphatic heterocycles. The number of hydrogen-bond donors (Lipinski definition) is 1. The van der Waals surface area contributed by atoms with Crippen LogP contribution in [0.15, 0.2) is 89.8 Å². The van der Waals surface area contributed by atoms with E-state index in [1.54, 1.807) is 30.0 Å². The van der Waals surface area contributed by atoms with Crippen molar-refractivity contribution in [2.24, 2.45) is 0 Å². The van der Waals surface area contributed by atoms with Crippen LogP contribution >= 0.6 is 11.8 Å². The number of rotatable bonds is 5. The third-order valence-electron chi connectivity index (χ3n) is 5.93. The maximum atomic E-state index is 13.1. The number of nitrogens with one attached hydrogen (secondary N) is 1. The zero-order valence-corrected chi connectivity index (χ0v) is 20.5. The molecule has 0 spiro atoms. The number of anilines is 2. The highest BCUT2D eigenvalue weighted by Gasteiger charge is 2.35. The quantitative estimate of drug-likeness (QED) is 0.372. The summed E-state index contributed by atoms with van der Waals surface area (Å²) in [6.07, 6.45) is 0. The Morgan fingerprint density at radius 2 is 1.68 bits per heavy atom. The molecule has 1 N–H and O–H groups in total. The van der Waals surface area contributed by atoms with Crippen molar-refractivity contribution in [2.45, 2.75) is 24.1 Å². The predicted molar refractivity (Wildman–Crippen MR) is 140 cm³/mol. The SMILES string of the molecule is Cc1ccc(N2C(=O)CS[C@H]2c2cccc(NS(=O)(=O)c3ccc4ccccc4c3)c2)c(C)c1. The summed E-state index contributed by atoms with van der Waals surface area (Å²) in [4.78, 5) is 14.8. The van der Waals surface area contributed by atoms with Gasteiger partial charge in [0.1, 0.15) is 5.37 Å². The van der Waals surface area contributed by atoms with Gasteiger partial charge < -0.3 is 0 Å². The number of sulfonamides is 1. The van der Waals surface area contributed by atoms with Crippen molar-refractivity contribution in [3.05, 3.63) is 102 Å². The van der Waals surface area contributed by atoms with Gasteiger partial charge in [-0.1, -0.05) is 60.2 Å². The summed E-state index contributed by atoms with van der Waals surface area (Å²) < 4.78 is 28.9. The smallest absolute Gasteiger partial charge is 0.261 e. The van der Waals surface area contributed by atoms with E-state index in [-0.39, 0.29) is 16.2 Å². The second-order valence-electron chi connectivity index (χ2n) is 8.46. The largest absolute Gasteiger partial charge is 0.295 e. The average Bonchev–Trinajstić information content (AvgIpc) is 3.20. The van der Waals surface area contributed by atoms with E-state index in [9.17, 15) is 13.2 Å². The lowest BCUT2D eigenvalue weighted by Gasteiger charge is -2.26. The highest BCUT2D eigenvalue weighted by molar-refractivity contribution is 8.00. The molecule has 5 rings (SSSR count). The van der Waals surface area contributed by atoms with E-state index in [1.165, 1.54) is 0 Å². The van der Waals surface area contributed by atoms with Crippen LogP contribution in [0, 0.1) is 13.8 Å². The highest BCUT2D eigenvalue weighted by atomic mass is 32.2. The summed E-state index contributed by atoms with van der Waals surface area (Å²) >= 11 is 1.54. The van der Waals surface area contributed by atoms with Crippen molar-refractivity contribution in [3.8, 4) is 0 Å². The number of nitrogens with zero attached hydrogens (tertiary/aromatic N) is 1. The number of benzene rings is 4. The molecule has 1 heterocycles. The summed E-state index contributed by atoms with van der Waals surface area (Å²) in [5.41, 5.74) is 4.39. The van der Waals surface area contributed by atoms with Gasteiger partial charge in [-0.2, -0.15) is 0 Å². The lowest BCUT2D eigenvalue weighted by atomic mass is 10.1. The molecule has 172 valence electrons. The van der Waals surface area contributed by atoms with Gasteiger partial charge in [-0.15, -0.1) is 11.8 Å². The lowest BCUT2D eigenvalue weighted by molar-refractivity contribution is -0.115. The highest BCUT2D eigenvalue weighted by Crippen LogP contribution is 2.43. The van der Waals surface area contributed by atoms with Crippen molar-refractivity contribution in [1.29, 1.82) is 0 Å². The predicted octanol–water partition coefficient (Wildman–Crippen LogP) is 6.04. The molecule has 1 saturated heterocycles. The molecule has 1 atom stereocenters. The van der Waals surface area contributed by atoms with Crippen LogP contribution in [0.1, 0.15) is 22.1 Å². The Balaban J connectivity index is 1.45. The molecule has 0 aliphatic carbocycles. The van der Waals surface area contributed by atoms with Crippen molar-refractivity contribution < 1.29 is 13.2 Å². The Labute approximate surface area is 203 Å². The first kappa shape index (κ1) is 22.5. The maximum Gasteiger partial charge on any atom is 0.261 e. The topological polar surface area (TPSA) is 66.5 Å². The van der Waals surface area contributed by atoms with Crippen LogP contribution in [0.2, 0.25) is 0 Å². The third kappa shape index (κ3) is 4.29. The fraction of sp³-hybridized carbons (Fsp3) is 0.148. The van der Waals surface area contributed by atoms with Crippen LogP contribution in [-0.4, -0.2) is 20.1 Å². The summed E-state index contributed by atoms with van der Waals surface area (Å²) in [7, 11) is -3.77. The first-order chi connectivity index (χ1) is 16.3. The van der Waals surface area contributed by atoms with Crippen molar-refractivity contribution >= 4 is 49.8 Å². The van der Waals surface area contributed by atoms with E-state index in [1.807, 2.05) is 79.4 Å². The molecular weight excluding hydrogens is 464 g/mol. The summed E-state index contributed by atoms with van der Waals surface area (Å²) in [6.45, 7) is 4.03. The van der Waals surface area contributed by atoms with E-state index in [2.05, 4.69) is 10.8 Å². The first-order valence-corrected chi connectivity index (χ1v) is 13.5. The zero-order chi connectivity index (χ0) is 23.9. The number of amides is 1. The Morgan fingerprint density at radius 1 is 0.882 bits per heavy atom. The minimum Gasteiger partial charge on any atom is -0.295 e. The van der Waals surface area contributed by atoms with E-state index < -0.39 is 10.0 Å². The second-order valence-corrected chi connectivity index (χ2v) is 11.2.